The molecule has 3 rings (SSSR count). The van der Waals surface area contributed by atoms with Gasteiger partial charge >= 0.3 is 0 Å². The second-order valence-electron chi connectivity index (χ2n) is 6.71. The van der Waals surface area contributed by atoms with Gasteiger partial charge in [0.1, 0.15) is 18.0 Å². The highest BCUT2D eigenvalue weighted by atomic mass is 16.5. The number of nitrogens with one attached hydrogen (secondary N) is 1. The van der Waals surface area contributed by atoms with Gasteiger partial charge in [-0.2, -0.15) is 0 Å². The Morgan fingerprint density at radius 3 is 2.58 bits per heavy atom. The van der Waals surface area contributed by atoms with Crippen molar-refractivity contribution in [2.75, 3.05) is 37.7 Å². The molecule has 138 valence electrons. The van der Waals surface area contributed by atoms with Gasteiger partial charge in [-0.1, -0.05) is 12.1 Å². The standard InChI is InChI=1S/C21H26N2O3/c1-3-26-21-9-8-17(16(2)24)14-18(21)15-22-10-12-23(13-11-22)19-6-4-5-7-20(19)25/h4-9,14,25H,3,10-13,15H2,1-2H3/p+1. The number of Topliss-reactive ketones (excluding diaryl/α,β-unsaturated/α-hetero) is 1. The molecular weight excluding hydrogens is 328 g/mol. The lowest BCUT2D eigenvalue weighted by atomic mass is 10.1. The molecule has 26 heavy (non-hydrogen) atoms. The number of ketones is 1. The van der Waals surface area contributed by atoms with E-state index in [0.29, 0.717) is 12.4 Å². The third-order valence-corrected chi connectivity index (χ3v) is 4.90. The number of benzene rings is 2. The van der Waals surface area contributed by atoms with Gasteiger partial charge in [0.05, 0.1) is 38.5 Å². The monoisotopic (exact) mass is 355 g/mol. The van der Waals surface area contributed by atoms with Crippen LogP contribution in [0.5, 0.6) is 11.5 Å². The molecule has 2 N–H and O–H groups in total. The van der Waals surface area contributed by atoms with E-state index in [9.17, 15) is 9.90 Å². The van der Waals surface area contributed by atoms with Crippen LogP contribution in [-0.2, 0) is 6.54 Å². The van der Waals surface area contributed by atoms with E-state index in [1.54, 1.807) is 13.0 Å². The molecule has 0 aliphatic carbocycles. The average Bonchev–Trinajstić information content (AvgIpc) is 2.64. The molecule has 2 aromatic rings. The fraction of sp³-hybridized carbons (Fsp3) is 0.381. The second-order valence-corrected chi connectivity index (χ2v) is 6.71. The number of hydrogen-bond donors (Lipinski definition) is 2. The average molecular weight is 355 g/mol. The molecule has 1 heterocycles. The Morgan fingerprint density at radius 1 is 1.19 bits per heavy atom. The van der Waals surface area contributed by atoms with Crippen molar-refractivity contribution in [3.63, 3.8) is 0 Å². The summed E-state index contributed by atoms with van der Waals surface area (Å²) in [7, 11) is 0. The summed E-state index contributed by atoms with van der Waals surface area (Å²) in [6, 6.07) is 13.2. The number of carbonyl (C=O) groups is 1. The number of piperazine rings is 1. The predicted octanol–water partition coefficient (Wildman–Crippen LogP) is 1.90. The first-order valence-electron chi connectivity index (χ1n) is 9.21. The fourth-order valence-electron chi connectivity index (χ4n) is 3.47. The van der Waals surface area contributed by atoms with Crippen LogP contribution in [0.2, 0.25) is 0 Å². The van der Waals surface area contributed by atoms with Gasteiger partial charge in [-0.3, -0.25) is 4.79 Å². The molecule has 1 saturated heterocycles. The summed E-state index contributed by atoms with van der Waals surface area (Å²) in [5.41, 5.74) is 2.72. The van der Waals surface area contributed by atoms with Gasteiger partial charge in [0, 0.05) is 11.1 Å². The Kier molecular flexibility index (Phi) is 5.78. The first kappa shape index (κ1) is 18.3. The highest BCUT2D eigenvalue weighted by Crippen LogP contribution is 2.26. The minimum Gasteiger partial charge on any atom is -0.506 e. The number of carbonyl (C=O) groups excluding carboxylic acids is 1. The van der Waals surface area contributed by atoms with Gasteiger partial charge in [-0.25, -0.2) is 0 Å². The Labute approximate surface area is 154 Å². The van der Waals surface area contributed by atoms with Crippen LogP contribution in [-0.4, -0.2) is 43.7 Å². The van der Waals surface area contributed by atoms with E-state index >= 15 is 0 Å². The number of nitrogens with zero attached hydrogens (tertiary/aromatic N) is 1. The zero-order chi connectivity index (χ0) is 18.5. The smallest absolute Gasteiger partial charge is 0.159 e. The summed E-state index contributed by atoms with van der Waals surface area (Å²) in [5, 5.41) is 10.0. The third-order valence-electron chi connectivity index (χ3n) is 4.90. The zero-order valence-corrected chi connectivity index (χ0v) is 15.5. The Balaban J connectivity index is 1.68. The van der Waals surface area contributed by atoms with Gasteiger partial charge in [-0.15, -0.1) is 0 Å². The summed E-state index contributed by atoms with van der Waals surface area (Å²) >= 11 is 0. The lowest BCUT2D eigenvalue weighted by Gasteiger charge is -2.34. The number of anilines is 1. The van der Waals surface area contributed by atoms with Crippen LogP contribution in [0.3, 0.4) is 0 Å². The van der Waals surface area contributed by atoms with Crippen LogP contribution in [0.4, 0.5) is 5.69 Å². The van der Waals surface area contributed by atoms with Crippen molar-refractivity contribution < 1.29 is 19.5 Å². The molecule has 0 saturated carbocycles. The Bertz CT molecular complexity index is 768. The molecule has 1 aliphatic rings. The summed E-state index contributed by atoms with van der Waals surface area (Å²) in [6.07, 6.45) is 0. The highest BCUT2D eigenvalue weighted by molar-refractivity contribution is 5.94. The number of ether oxygens (including phenoxy) is 1. The number of quaternary nitrogens is 1. The number of hydrogen-bond acceptors (Lipinski definition) is 4. The topological polar surface area (TPSA) is 54.2 Å². The molecule has 0 bridgehead atoms. The first-order chi connectivity index (χ1) is 12.6. The molecule has 0 unspecified atom stereocenters. The number of aromatic hydroxyl groups is 1. The number of phenols is 1. The number of para-hydroxylation sites is 2. The van der Waals surface area contributed by atoms with Crippen LogP contribution in [0, 0.1) is 0 Å². The van der Waals surface area contributed by atoms with Crippen molar-refractivity contribution >= 4 is 11.5 Å². The van der Waals surface area contributed by atoms with Crippen molar-refractivity contribution in [1.82, 2.24) is 0 Å². The fourth-order valence-corrected chi connectivity index (χ4v) is 3.47. The van der Waals surface area contributed by atoms with E-state index < -0.39 is 0 Å². The molecule has 1 fully saturated rings. The molecule has 5 nitrogen and oxygen atoms in total. The van der Waals surface area contributed by atoms with Crippen molar-refractivity contribution in [3.8, 4) is 11.5 Å². The maximum atomic E-state index is 11.7. The van der Waals surface area contributed by atoms with Crippen LogP contribution in [0.15, 0.2) is 42.5 Å². The van der Waals surface area contributed by atoms with Crippen molar-refractivity contribution in [2.24, 2.45) is 0 Å². The van der Waals surface area contributed by atoms with E-state index in [4.69, 9.17) is 4.74 Å². The lowest BCUT2D eigenvalue weighted by Crippen LogP contribution is -3.13. The minimum atomic E-state index is 0.0775. The molecule has 2 aromatic carbocycles. The summed E-state index contributed by atoms with van der Waals surface area (Å²) < 4.78 is 5.75. The summed E-state index contributed by atoms with van der Waals surface area (Å²) in [5.74, 6) is 1.28. The van der Waals surface area contributed by atoms with Gasteiger partial charge in [0.25, 0.3) is 0 Å². The quantitative estimate of drug-likeness (QED) is 0.777. The number of rotatable bonds is 6. The van der Waals surface area contributed by atoms with Gasteiger partial charge in [0.15, 0.2) is 5.78 Å². The SMILES string of the molecule is CCOc1ccc(C(C)=O)cc1C[NH+]1CCN(c2ccccc2O)CC1. The minimum absolute atomic E-state index is 0.0775. The Hall–Kier alpha value is -2.53. The van der Waals surface area contributed by atoms with E-state index in [1.165, 1.54) is 4.90 Å². The number of phenolic OH excluding ortho intramolecular Hbond substituents is 1. The van der Waals surface area contributed by atoms with E-state index in [0.717, 1.165) is 55.3 Å². The maximum absolute atomic E-state index is 11.7. The van der Waals surface area contributed by atoms with Gasteiger partial charge in [-0.05, 0) is 44.2 Å². The molecular formula is C21H27N2O3+. The molecule has 0 radical (unpaired) electrons. The van der Waals surface area contributed by atoms with Crippen LogP contribution < -0.4 is 14.5 Å². The van der Waals surface area contributed by atoms with Gasteiger partial charge < -0.3 is 19.6 Å². The maximum Gasteiger partial charge on any atom is 0.159 e. The molecule has 1 aliphatic heterocycles. The predicted molar refractivity (Wildman–Crippen MR) is 102 cm³/mol. The third kappa shape index (κ3) is 4.17. The van der Waals surface area contributed by atoms with Crippen LogP contribution in [0.25, 0.3) is 0 Å². The largest absolute Gasteiger partial charge is 0.506 e. The second kappa shape index (κ2) is 8.23. The van der Waals surface area contributed by atoms with E-state index in [2.05, 4.69) is 4.90 Å². The molecule has 0 spiro atoms. The summed E-state index contributed by atoms with van der Waals surface area (Å²) in [4.78, 5) is 15.4. The van der Waals surface area contributed by atoms with Gasteiger partial charge in [0.2, 0.25) is 0 Å². The van der Waals surface area contributed by atoms with Crippen LogP contribution >= 0.6 is 0 Å². The van der Waals surface area contributed by atoms with Crippen molar-refractivity contribution in [1.29, 1.82) is 0 Å². The summed E-state index contributed by atoms with van der Waals surface area (Å²) in [6.45, 7) is 8.76. The van der Waals surface area contributed by atoms with Crippen molar-refractivity contribution in [2.45, 2.75) is 20.4 Å². The Morgan fingerprint density at radius 2 is 1.92 bits per heavy atom. The molecule has 0 atom stereocenters. The van der Waals surface area contributed by atoms with E-state index in [1.807, 2.05) is 43.3 Å². The first-order valence-corrected chi connectivity index (χ1v) is 9.21. The van der Waals surface area contributed by atoms with Crippen LogP contribution in [0.1, 0.15) is 29.8 Å². The lowest BCUT2D eigenvalue weighted by molar-refractivity contribution is -0.914. The zero-order valence-electron chi connectivity index (χ0n) is 15.5. The molecule has 0 amide bonds. The van der Waals surface area contributed by atoms with Crippen molar-refractivity contribution in [3.05, 3.63) is 53.6 Å². The normalized spacial score (nSPS) is 15.1. The van der Waals surface area contributed by atoms with E-state index in [-0.39, 0.29) is 5.78 Å². The molecule has 5 heteroatoms. The molecule has 0 aromatic heterocycles. The highest BCUT2D eigenvalue weighted by Gasteiger charge is 2.23.